The molecule has 0 amide bonds. The van der Waals surface area contributed by atoms with Crippen LogP contribution in [0.2, 0.25) is 0 Å². The van der Waals surface area contributed by atoms with E-state index in [0.717, 1.165) is 17.1 Å². The van der Waals surface area contributed by atoms with Crippen molar-refractivity contribution < 1.29 is 8.78 Å². The predicted molar refractivity (Wildman–Crippen MR) is 109 cm³/mol. The molecule has 1 aliphatic heterocycles. The Balaban J connectivity index is 1.40. The van der Waals surface area contributed by atoms with Gasteiger partial charge in [0.1, 0.15) is 5.82 Å². The fourth-order valence-corrected chi connectivity index (χ4v) is 4.28. The zero-order valence-electron chi connectivity index (χ0n) is 17.2. The summed E-state index contributed by atoms with van der Waals surface area (Å²) in [6.07, 6.45) is 6.05. The highest BCUT2D eigenvalue weighted by molar-refractivity contribution is 5.57. The Morgan fingerprint density at radius 2 is 2.13 bits per heavy atom. The van der Waals surface area contributed by atoms with Crippen LogP contribution in [0.4, 0.5) is 26.2 Å². The third-order valence-electron chi connectivity index (χ3n) is 5.88. The number of anilines is 3. The molecule has 1 aliphatic carbocycles. The predicted octanol–water partition coefficient (Wildman–Crippen LogP) is 2.76. The molecule has 2 aromatic rings. The molecule has 0 bridgehead atoms. The van der Waals surface area contributed by atoms with E-state index in [1.165, 1.54) is 0 Å². The zero-order chi connectivity index (χ0) is 21.4. The normalized spacial score (nSPS) is 21.8. The molecule has 8 nitrogen and oxygen atoms in total. The van der Waals surface area contributed by atoms with Crippen molar-refractivity contribution >= 4 is 17.5 Å². The van der Waals surface area contributed by atoms with Crippen molar-refractivity contribution in [3.8, 4) is 6.07 Å². The highest BCUT2D eigenvalue weighted by Crippen LogP contribution is 2.39. The van der Waals surface area contributed by atoms with Crippen LogP contribution >= 0.6 is 0 Å². The van der Waals surface area contributed by atoms with E-state index in [1.807, 2.05) is 20.2 Å². The number of halogens is 2. The molecule has 1 saturated heterocycles. The second-order valence-corrected chi connectivity index (χ2v) is 8.54. The number of rotatable bonds is 7. The number of hydrogen-bond donors (Lipinski definition) is 2. The molecule has 0 aromatic carbocycles. The Morgan fingerprint density at radius 1 is 1.33 bits per heavy atom. The fraction of sp³-hybridized carbons (Fsp3) is 0.600. The third kappa shape index (κ3) is 4.36. The van der Waals surface area contributed by atoms with Crippen molar-refractivity contribution in [3.63, 3.8) is 0 Å². The Morgan fingerprint density at radius 3 is 2.77 bits per heavy atom. The molecule has 2 aliphatic rings. The van der Waals surface area contributed by atoms with E-state index in [1.54, 1.807) is 17.1 Å². The Labute approximate surface area is 174 Å². The Bertz CT molecular complexity index is 945. The lowest BCUT2D eigenvalue weighted by atomic mass is 9.85. The average Bonchev–Trinajstić information content (AvgIpc) is 3.23. The molecule has 10 heteroatoms. The molecule has 4 rings (SSSR count). The molecule has 2 N–H and O–H groups in total. The van der Waals surface area contributed by atoms with E-state index in [4.69, 9.17) is 0 Å². The maximum Gasteiger partial charge on any atom is 0.248 e. The second-order valence-electron chi connectivity index (χ2n) is 8.54. The van der Waals surface area contributed by atoms with Crippen LogP contribution in [0.25, 0.3) is 0 Å². The molecule has 160 valence electrons. The minimum Gasteiger partial charge on any atom is -0.352 e. The van der Waals surface area contributed by atoms with Gasteiger partial charge in [-0.25, -0.2) is 13.8 Å². The minimum absolute atomic E-state index is 0.0381. The van der Waals surface area contributed by atoms with Gasteiger partial charge in [-0.3, -0.25) is 4.68 Å². The van der Waals surface area contributed by atoms with Crippen LogP contribution in [0.3, 0.4) is 0 Å². The smallest absolute Gasteiger partial charge is 0.248 e. The first-order valence-electron chi connectivity index (χ1n) is 10.1. The Kier molecular flexibility index (Phi) is 5.32. The van der Waals surface area contributed by atoms with E-state index < -0.39 is 5.92 Å². The maximum atomic E-state index is 13.5. The lowest BCUT2D eigenvalue weighted by molar-refractivity contribution is 0.00465. The van der Waals surface area contributed by atoms with Crippen LogP contribution in [-0.2, 0) is 7.05 Å². The molecule has 2 fully saturated rings. The summed E-state index contributed by atoms with van der Waals surface area (Å²) in [6.45, 7) is 3.67. The summed E-state index contributed by atoms with van der Waals surface area (Å²) < 4.78 is 28.6. The summed E-state index contributed by atoms with van der Waals surface area (Å²) >= 11 is 0. The standard InChI is InChI=1S/C20H26F2N8/c1-14-8-24-18(27-16-10-26-29(2)11-16)28-17(14)30-12-19(13-30,5-6-23)25-9-15-3-4-20(21,22)7-15/h8,10-11,15,25H,3-5,7,9,12-13H2,1-2H3,(H,24,27,28)/t15-/m0/s1. The lowest BCUT2D eigenvalue weighted by Gasteiger charge is -2.51. The third-order valence-corrected chi connectivity index (χ3v) is 5.88. The number of alkyl halides is 2. The second kappa shape index (κ2) is 7.80. The van der Waals surface area contributed by atoms with Crippen LogP contribution in [0, 0.1) is 24.2 Å². The van der Waals surface area contributed by atoms with E-state index in [2.05, 4.69) is 36.7 Å². The number of nitriles is 1. The van der Waals surface area contributed by atoms with Gasteiger partial charge < -0.3 is 15.5 Å². The topological polar surface area (TPSA) is 94.7 Å². The van der Waals surface area contributed by atoms with Gasteiger partial charge in [-0.15, -0.1) is 0 Å². The monoisotopic (exact) mass is 416 g/mol. The summed E-state index contributed by atoms with van der Waals surface area (Å²) in [6, 6.07) is 2.24. The lowest BCUT2D eigenvalue weighted by Crippen LogP contribution is -2.70. The molecule has 30 heavy (non-hydrogen) atoms. The highest BCUT2D eigenvalue weighted by atomic mass is 19.3. The molecule has 3 heterocycles. The number of nitrogens with zero attached hydrogens (tertiary/aromatic N) is 6. The number of nitrogens with one attached hydrogen (secondary N) is 2. The fourth-order valence-electron chi connectivity index (χ4n) is 4.28. The maximum absolute atomic E-state index is 13.5. The van der Waals surface area contributed by atoms with Crippen molar-refractivity contribution in [1.82, 2.24) is 25.1 Å². The van der Waals surface area contributed by atoms with E-state index >= 15 is 0 Å². The largest absolute Gasteiger partial charge is 0.352 e. The van der Waals surface area contributed by atoms with Crippen LogP contribution in [-0.4, -0.2) is 50.8 Å². The van der Waals surface area contributed by atoms with E-state index in [9.17, 15) is 14.0 Å². The van der Waals surface area contributed by atoms with Crippen molar-refractivity contribution in [1.29, 1.82) is 5.26 Å². The molecule has 1 saturated carbocycles. The van der Waals surface area contributed by atoms with Gasteiger partial charge in [0, 0.05) is 50.9 Å². The average molecular weight is 416 g/mol. The molecule has 0 unspecified atom stereocenters. The van der Waals surface area contributed by atoms with Gasteiger partial charge in [-0.1, -0.05) is 0 Å². The van der Waals surface area contributed by atoms with Crippen molar-refractivity contribution in [2.24, 2.45) is 13.0 Å². The number of aryl methyl sites for hydroxylation is 2. The van der Waals surface area contributed by atoms with Gasteiger partial charge in [0.25, 0.3) is 0 Å². The van der Waals surface area contributed by atoms with Gasteiger partial charge in [0.05, 0.1) is 29.9 Å². The van der Waals surface area contributed by atoms with Gasteiger partial charge in [-0.05, 0) is 25.8 Å². The van der Waals surface area contributed by atoms with Crippen LogP contribution < -0.4 is 15.5 Å². The first kappa shape index (κ1) is 20.5. The molecule has 0 radical (unpaired) electrons. The van der Waals surface area contributed by atoms with Crippen molar-refractivity contribution in [2.75, 3.05) is 29.9 Å². The summed E-state index contributed by atoms with van der Waals surface area (Å²) in [7, 11) is 1.83. The number of hydrogen-bond acceptors (Lipinski definition) is 7. The van der Waals surface area contributed by atoms with Gasteiger partial charge >= 0.3 is 0 Å². The Hall–Kier alpha value is -2.80. The van der Waals surface area contributed by atoms with Crippen molar-refractivity contribution in [2.45, 2.75) is 44.1 Å². The molecule has 0 spiro atoms. The van der Waals surface area contributed by atoms with Crippen LogP contribution in [0.15, 0.2) is 18.6 Å². The van der Waals surface area contributed by atoms with Crippen LogP contribution in [0.5, 0.6) is 0 Å². The van der Waals surface area contributed by atoms with Gasteiger partial charge in [-0.2, -0.15) is 15.3 Å². The summed E-state index contributed by atoms with van der Waals surface area (Å²) in [5.74, 6) is -1.31. The minimum atomic E-state index is -2.55. The molecular formula is C20H26F2N8. The van der Waals surface area contributed by atoms with Gasteiger partial charge in [0.2, 0.25) is 11.9 Å². The summed E-state index contributed by atoms with van der Waals surface area (Å²) in [5.41, 5.74) is 1.35. The van der Waals surface area contributed by atoms with E-state index in [-0.39, 0.29) is 24.3 Å². The van der Waals surface area contributed by atoms with Crippen LogP contribution in [0.1, 0.15) is 31.2 Å². The first-order chi connectivity index (χ1) is 14.3. The molecule has 2 aromatic heterocycles. The van der Waals surface area contributed by atoms with E-state index in [0.29, 0.717) is 38.4 Å². The van der Waals surface area contributed by atoms with Gasteiger partial charge in [0.15, 0.2) is 0 Å². The SMILES string of the molecule is Cc1cnc(Nc2cnn(C)c2)nc1N1CC(CC#N)(NC[C@H]2CCC(F)(F)C2)C1. The highest BCUT2D eigenvalue weighted by Gasteiger charge is 2.45. The summed E-state index contributed by atoms with van der Waals surface area (Å²) in [5, 5.41) is 20.0. The zero-order valence-corrected chi connectivity index (χ0v) is 17.2. The molecular weight excluding hydrogens is 390 g/mol. The number of aromatic nitrogens is 4. The van der Waals surface area contributed by atoms with Crippen molar-refractivity contribution in [3.05, 3.63) is 24.2 Å². The molecule has 1 atom stereocenters. The summed E-state index contributed by atoms with van der Waals surface area (Å²) in [4.78, 5) is 11.1. The quantitative estimate of drug-likeness (QED) is 0.717. The first-order valence-corrected chi connectivity index (χ1v) is 10.1.